The zero-order valence-electron chi connectivity index (χ0n) is 13.8. The Morgan fingerprint density at radius 1 is 1.27 bits per heavy atom. The second-order valence-electron chi connectivity index (χ2n) is 6.67. The second kappa shape index (κ2) is 6.05. The third-order valence-electron chi connectivity index (χ3n) is 4.59. The molecule has 1 heterocycles. The van der Waals surface area contributed by atoms with Crippen LogP contribution in [0, 0.1) is 0 Å². The summed E-state index contributed by atoms with van der Waals surface area (Å²) in [5.74, 6) is -0.0317. The number of hydrogen-bond acceptors (Lipinski definition) is 2. The molecule has 1 atom stereocenters. The lowest BCUT2D eigenvalue weighted by atomic mass is 9.67. The topological polar surface area (TPSA) is 46.2 Å². The van der Waals surface area contributed by atoms with Crippen LogP contribution in [0.4, 0.5) is 0 Å². The van der Waals surface area contributed by atoms with Crippen molar-refractivity contribution in [2.45, 2.75) is 44.6 Å². The van der Waals surface area contributed by atoms with E-state index >= 15 is 0 Å². The summed E-state index contributed by atoms with van der Waals surface area (Å²) in [5.41, 5.74) is 1.11. The maximum Gasteiger partial charge on any atom is 0.231 e. The summed E-state index contributed by atoms with van der Waals surface area (Å²) >= 11 is 3.51. The van der Waals surface area contributed by atoms with Gasteiger partial charge in [-0.05, 0) is 64.8 Å². The molecule has 1 aliphatic heterocycles. The molecule has 1 aliphatic rings. The molecule has 0 saturated carbocycles. The summed E-state index contributed by atoms with van der Waals surface area (Å²) < 4.78 is 0.942. The number of amides is 1. The van der Waals surface area contributed by atoms with Gasteiger partial charge in [0.25, 0.3) is 0 Å². The van der Waals surface area contributed by atoms with E-state index in [1.165, 1.54) is 0 Å². The first-order chi connectivity index (χ1) is 10.1. The standard InChI is InChI=1S/C17H23BrNO2P/c1-6-17(10-14(20)22(4)5)13-9-11(18)7-8-12(13)16(2,3)19-15(17)21/h7-9H,6,10H2,1-5H3,(H,19,21). The number of rotatable bonds is 4. The second-order valence-corrected chi connectivity index (χ2v) is 9.87. The van der Waals surface area contributed by atoms with Gasteiger partial charge in [-0.3, -0.25) is 9.59 Å². The molecule has 0 saturated heterocycles. The zero-order valence-corrected chi connectivity index (χ0v) is 16.3. The maximum absolute atomic E-state index is 12.9. The molecular formula is C17H23BrNO2P. The van der Waals surface area contributed by atoms with Crippen molar-refractivity contribution in [1.82, 2.24) is 5.32 Å². The van der Waals surface area contributed by atoms with Crippen molar-refractivity contribution in [2.24, 2.45) is 0 Å². The summed E-state index contributed by atoms with van der Waals surface area (Å²) in [4.78, 5) is 25.3. The smallest absolute Gasteiger partial charge is 0.231 e. The first-order valence-corrected chi connectivity index (χ1v) is 10.5. The molecule has 0 radical (unpaired) electrons. The van der Waals surface area contributed by atoms with Crippen LogP contribution in [0.3, 0.4) is 0 Å². The van der Waals surface area contributed by atoms with Crippen LogP contribution in [0.1, 0.15) is 44.7 Å². The minimum Gasteiger partial charge on any atom is -0.346 e. The Labute approximate surface area is 142 Å². The van der Waals surface area contributed by atoms with E-state index in [-0.39, 0.29) is 17.9 Å². The minimum absolute atomic E-state index is 0.0317. The maximum atomic E-state index is 12.9. The van der Waals surface area contributed by atoms with Crippen LogP contribution in [-0.2, 0) is 20.5 Å². The molecule has 1 aromatic rings. The minimum atomic E-state index is -0.752. The van der Waals surface area contributed by atoms with Crippen molar-refractivity contribution in [2.75, 3.05) is 13.3 Å². The van der Waals surface area contributed by atoms with Crippen molar-refractivity contribution in [3.05, 3.63) is 33.8 Å². The number of nitrogens with one attached hydrogen (secondary N) is 1. The molecule has 0 spiro atoms. The lowest BCUT2D eigenvalue weighted by Gasteiger charge is -2.44. The molecule has 22 heavy (non-hydrogen) atoms. The van der Waals surface area contributed by atoms with Gasteiger partial charge in [0.05, 0.1) is 11.0 Å². The fourth-order valence-corrected chi connectivity index (χ4v) is 4.07. The monoisotopic (exact) mass is 383 g/mol. The first kappa shape index (κ1) is 17.6. The summed E-state index contributed by atoms with van der Waals surface area (Å²) in [6.45, 7) is 9.90. The van der Waals surface area contributed by atoms with Crippen LogP contribution in [0.25, 0.3) is 0 Å². The summed E-state index contributed by atoms with van der Waals surface area (Å²) in [6.07, 6.45) is 0.904. The number of benzene rings is 1. The molecule has 2 rings (SSSR count). The highest BCUT2D eigenvalue weighted by Gasteiger charge is 2.49. The van der Waals surface area contributed by atoms with Crippen LogP contribution in [0.2, 0.25) is 0 Å². The van der Waals surface area contributed by atoms with Crippen molar-refractivity contribution in [3.63, 3.8) is 0 Å². The van der Waals surface area contributed by atoms with Crippen molar-refractivity contribution in [3.8, 4) is 0 Å². The van der Waals surface area contributed by atoms with Gasteiger partial charge in [0, 0.05) is 10.9 Å². The summed E-state index contributed by atoms with van der Waals surface area (Å²) in [7, 11) is -0.695. The SMILES string of the molecule is CCC1(CC(=O)P(C)C)C(=O)NC(C)(C)c2ccc(Br)cc21. The number of carbonyl (C=O) groups excluding carboxylic acids is 2. The normalized spacial score (nSPS) is 23.1. The molecule has 0 bridgehead atoms. The number of hydrogen-bond donors (Lipinski definition) is 1. The van der Waals surface area contributed by atoms with Crippen LogP contribution in [0.5, 0.6) is 0 Å². The van der Waals surface area contributed by atoms with E-state index < -0.39 is 18.9 Å². The Morgan fingerprint density at radius 3 is 2.45 bits per heavy atom. The number of fused-ring (bicyclic) bond motifs is 1. The molecule has 0 aromatic heterocycles. The Bertz CT molecular complexity index is 627. The van der Waals surface area contributed by atoms with Crippen LogP contribution in [0.15, 0.2) is 22.7 Å². The lowest BCUT2D eigenvalue weighted by Crippen LogP contribution is -2.57. The Kier molecular flexibility index (Phi) is 4.85. The molecule has 0 fully saturated rings. The van der Waals surface area contributed by atoms with Crippen LogP contribution >= 0.6 is 23.9 Å². The summed E-state index contributed by atoms with van der Waals surface area (Å²) in [6, 6.07) is 6.06. The Balaban J connectivity index is 2.66. The fourth-order valence-electron chi connectivity index (χ4n) is 3.12. The number of halogens is 1. The highest BCUT2D eigenvalue weighted by Crippen LogP contribution is 2.46. The molecule has 5 heteroatoms. The van der Waals surface area contributed by atoms with Crippen molar-refractivity contribution < 1.29 is 9.59 Å². The van der Waals surface area contributed by atoms with Gasteiger partial charge in [0.2, 0.25) is 5.91 Å². The Morgan fingerprint density at radius 2 is 1.91 bits per heavy atom. The van der Waals surface area contributed by atoms with Gasteiger partial charge in [-0.2, -0.15) is 0 Å². The van der Waals surface area contributed by atoms with Gasteiger partial charge in [-0.1, -0.05) is 28.9 Å². The van der Waals surface area contributed by atoms with E-state index in [4.69, 9.17) is 0 Å². The van der Waals surface area contributed by atoms with E-state index in [1.807, 2.05) is 46.2 Å². The van der Waals surface area contributed by atoms with E-state index in [2.05, 4.69) is 27.3 Å². The molecule has 1 unspecified atom stereocenters. The fraction of sp³-hybridized carbons (Fsp3) is 0.529. The molecular weight excluding hydrogens is 361 g/mol. The van der Waals surface area contributed by atoms with E-state index in [1.54, 1.807) is 0 Å². The van der Waals surface area contributed by atoms with Gasteiger partial charge in [0.15, 0.2) is 5.52 Å². The van der Waals surface area contributed by atoms with Crippen molar-refractivity contribution in [1.29, 1.82) is 0 Å². The number of carbonyl (C=O) groups is 2. The third-order valence-corrected chi connectivity index (χ3v) is 6.24. The predicted molar refractivity (Wildman–Crippen MR) is 95.7 cm³/mol. The lowest BCUT2D eigenvalue weighted by molar-refractivity contribution is -0.132. The molecule has 1 aromatic carbocycles. The quantitative estimate of drug-likeness (QED) is 0.794. The van der Waals surface area contributed by atoms with E-state index in [0.29, 0.717) is 6.42 Å². The average Bonchev–Trinajstić information content (AvgIpc) is 2.42. The van der Waals surface area contributed by atoms with Gasteiger partial charge < -0.3 is 5.32 Å². The first-order valence-electron chi connectivity index (χ1n) is 7.47. The van der Waals surface area contributed by atoms with Gasteiger partial charge in [-0.15, -0.1) is 0 Å². The van der Waals surface area contributed by atoms with E-state index in [9.17, 15) is 9.59 Å². The summed E-state index contributed by atoms with van der Waals surface area (Å²) in [5, 5.41) is 3.12. The molecule has 120 valence electrons. The van der Waals surface area contributed by atoms with Crippen LogP contribution < -0.4 is 5.32 Å². The zero-order chi connectivity index (χ0) is 16.7. The van der Waals surface area contributed by atoms with Crippen molar-refractivity contribution >= 4 is 35.3 Å². The molecule has 1 N–H and O–H groups in total. The molecule has 3 nitrogen and oxygen atoms in total. The highest BCUT2D eigenvalue weighted by molar-refractivity contribution is 9.10. The van der Waals surface area contributed by atoms with Gasteiger partial charge >= 0.3 is 0 Å². The third kappa shape index (κ3) is 2.88. The Hall–Kier alpha value is -0.730. The molecule has 0 aliphatic carbocycles. The van der Waals surface area contributed by atoms with Gasteiger partial charge in [0.1, 0.15) is 0 Å². The predicted octanol–water partition coefficient (Wildman–Crippen LogP) is 4.12. The van der Waals surface area contributed by atoms with E-state index in [0.717, 1.165) is 15.6 Å². The van der Waals surface area contributed by atoms with Crippen LogP contribution in [-0.4, -0.2) is 24.8 Å². The van der Waals surface area contributed by atoms with Gasteiger partial charge in [-0.25, -0.2) is 0 Å². The molecule has 1 amide bonds. The average molecular weight is 384 g/mol. The largest absolute Gasteiger partial charge is 0.346 e. The highest BCUT2D eigenvalue weighted by atomic mass is 79.9.